The van der Waals surface area contributed by atoms with E-state index in [1.807, 2.05) is 56.3 Å². The molecule has 0 aliphatic carbocycles. The van der Waals surface area contributed by atoms with E-state index in [0.29, 0.717) is 11.5 Å². The van der Waals surface area contributed by atoms with Gasteiger partial charge in [0, 0.05) is 5.69 Å². The van der Waals surface area contributed by atoms with Gasteiger partial charge in [-0.3, -0.25) is 0 Å². The van der Waals surface area contributed by atoms with E-state index in [1.54, 1.807) is 14.2 Å². The topological polar surface area (TPSA) is 59.6 Å². The van der Waals surface area contributed by atoms with Crippen molar-refractivity contribution in [2.24, 2.45) is 0 Å². The summed E-state index contributed by atoms with van der Waals surface area (Å²) in [5.74, 6) is 1.29. The zero-order valence-corrected chi connectivity index (χ0v) is 15.5. The summed E-state index contributed by atoms with van der Waals surface area (Å²) in [6.45, 7) is 5.98. The van der Waals surface area contributed by atoms with Crippen LogP contribution in [-0.2, 0) is 12.0 Å². The molecule has 0 aliphatic heterocycles. The molecule has 25 heavy (non-hydrogen) atoms. The lowest BCUT2D eigenvalue weighted by Crippen LogP contribution is -2.43. The van der Waals surface area contributed by atoms with Crippen molar-refractivity contribution in [3.05, 3.63) is 53.6 Å². The van der Waals surface area contributed by atoms with E-state index >= 15 is 0 Å². The highest BCUT2D eigenvalue weighted by Gasteiger charge is 2.24. The number of carbonyl (C=O) groups excluding carboxylic acids is 1. The third-order valence-corrected chi connectivity index (χ3v) is 4.15. The zero-order chi connectivity index (χ0) is 18.4. The smallest absolute Gasteiger partial charge is 0.319 e. The Morgan fingerprint density at radius 1 is 1.00 bits per heavy atom. The van der Waals surface area contributed by atoms with Crippen LogP contribution in [0.3, 0.4) is 0 Å². The third kappa shape index (κ3) is 4.66. The molecular weight excluding hydrogens is 316 g/mol. The van der Waals surface area contributed by atoms with Crippen LogP contribution < -0.4 is 20.1 Å². The number of carbonyl (C=O) groups is 1. The Morgan fingerprint density at radius 3 is 2.20 bits per heavy atom. The first-order valence-corrected chi connectivity index (χ1v) is 8.30. The van der Waals surface area contributed by atoms with Crippen molar-refractivity contribution in [2.75, 3.05) is 19.5 Å². The highest BCUT2D eigenvalue weighted by molar-refractivity contribution is 5.89. The second kappa shape index (κ2) is 7.92. The molecule has 0 atom stereocenters. The second-order valence-electron chi connectivity index (χ2n) is 6.32. The first kappa shape index (κ1) is 18.6. The van der Waals surface area contributed by atoms with Gasteiger partial charge in [0.05, 0.1) is 19.8 Å². The molecule has 5 heteroatoms. The summed E-state index contributed by atoms with van der Waals surface area (Å²) >= 11 is 0. The zero-order valence-electron chi connectivity index (χ0n) is 15.5. The van der Waals surface area contributed by atoms with E-state index in [9.17, 15) is 4.79 Å². The quantitative estimate of drug-likeness (QED) is 0.822. The largest absolute Gasteiger partial charge is 0.493 e. The van der Waals surface area contributed by atoms with Crippen molar-refractivity contribution in [3.63, 3.8) is 0 Å². The van der Waals surface area contributed by atoms with Gasteiger partial charge in [0.2, 0.25) is 0 Å². The maximum Gasteiger partial charge on any atom is 0.319 e. The average molecular weight is 342 g/mol. The van der Waals surface area contributed by atoms with E-state index in [4.69, 9.17) is 9.47 Å². The van der Waals surface area contributed by atoms with Crippen molar-refractivity contribution in [3.8, 4) is 11.5 Å². The van der Waals surface area contributed by atoms with Crippen molar-refractivity contribution >= 4 is 11.7 Å². The van der Waals surface area contributed by atoms with Gasteiger partial charge < -0.3 is 20.1 Å². The molecule has 0 unspecified atom stereocenters. The molecule has 2 amide bonds. The van der Waals surface area contributed by atoms with Gasteiger partial charge >= 0.3 is 6.03 Å². The normalized spacial score (nSPS) is 10.9. The van der Waals surface area contributed by atoms with E-state index in [0.717, 1.165) is 17.7 Å². The Balaban J connectivity index is 2.09. The standard InChI is InChI=1S/C20H26N2O3/c1-6-14-7-10-16(11-8-14)21-19(23)22-20(2,3)15-9-12-17(24-4)18(13-15)25-5/h7-13H,6H2,1-5H3,(H2,21,22,23). The first-order chi connectivity index (χ1) is 11.9. The Hall–Kier alpha value is -2.69. The maximum absolute atomic E-state index is 12.4. The molecule has 0 fully saturated rings. The monoisotopic (exact) mass is 342 g/mol. The van der Waals surface area contributed by atoms with Crippen LogP contribution in [0.2, 0.25) is 0 Å². The predicted octanol–water partition coefficient (Wildman–Crippen LogP) is 4.32. The molecule has 0 saturated carbocycles. The van der Waals surface area contributed by atoms with Crippen molar-refractivity contribution in [2.45, 2.75) is 32.7 Å². The van der Waals surface area contributed by atoms with Gasteiger partial charge in [0.25, 0.3) is 0 Å². The molecule has 2 N–H and O–H groups in total. The number of benzene rings is 2. The lowest BCUT2D eigenvalue weighted by Gasteiger charge is -2.27. The van der Waals surface area contributed by atoms with E-state index in [-0.39, 0.29) is 6.03 Å². The fourth-order valence-corrected chi connectivity index (χ4v) is 2.57. The number of nitrogens with one attached hydrogen (secondary N) is 2. The number of ether oxygens (including phenoxy) is 2. The number of urea groups is 1. The van der Waals surface area contributed by atoms with Crippen LogP contribution in [0.1, 0.15) is 31.9 Å². The van der Waals surface area contributed by atoms with E-state index in [2.05, 4.69) is 17.6 Å². The minimum atomic E-state index is -0.576. The molecule has 0 saturated heterocycles. The Morgan fingerprint density at radius 2 is 1.64 bits per heavy atom. The van der Waals surface area contributed by atoms with Crippen LogP contribution in [0.15, 0.2) is 42.5 Å². The van der Waals surface area contributed by atoms with Gasteiger partial charge in [-0.25, -0.2) is 4.79 Å². The number of amides is 2. The summed E-state index contributed by atoms with van der Waals surface area (Å²) in [7, 11) is 3.19. The van der Waals surface area contributed by atoms with Crippen LogP contribution in [-0.4, -0.2) is 20.3 Å². The lowest BCUT2D eigenvalue weighted by molar-refractivity contribution is 0.241. The number of anilines is 1. The molecule has 0 aromatic heterocycles. The molecule has 2 rings (SSSR count). The van der Waals surface area contributed by atoms with E-state index < -0.39 is 5.54 Å². The summed E-state index contributed by atoms with van der Waals surface area (Å²) in [5, 5.41) is 5.86. The highest BCUT2D eigenvalue weighted by Crippen LogP contribution is 2.32. The fraction of sp³-hybridized carbons (Fsp3) is 0.350. The molecule has 5 nitrogen and oxygen atoms in total. The Bertz CT molecular complexity index is 724. The molecule has 0 radical (unpaired) electrons. The van der Waals surface area contributed by atoms with Gasteiger partial charge in [-0.2, -0.15) is 0 Å². The summed E-state index contributed by atoms with van der Waals surface area (Å²) in [5.41, 5.74) is 2.34. The molecule has 2 aromatic carbocycles. The SMILES string of the molecule is CCc1ccc(NC(=O)NC(C)(C)c2ccc(OC)c(OC)c2)cc1. The minimum Gasteiger partial charge on any atom is -0.493 e. The van der Waals surface area contributed by atoms with Crippen LogP contribution in [0.4, 0.5) is 10.5 Å². The third-order valence-electron chi connectivity index (χ3n) is 4.15. The van der Waals surface area contributed by atoms with Crippen molar-refractivity contribution in [1.29, 1.82) is 0 Å². The molecule has 0 bridgehead atoms. The molecule has 0 spiro atoms. The van der Waals surface area contributed by atoms with Crippen LogP contribution in [0.25, 0.3) is 0 Å². The van der Waals surface area contributed by atoms with Gasteiger partial charge in [0.15, 0.2) is 11.5 Å². The molecule has 2 aromatic rings. The Kier molecular flexibility index (Phi) is 5.91. The summed E-state index contributed by atoms with van der Waals surface area (Å²) in [4.78, 5) is 12.4. The highest BCUT2D eigenvalue weighted by atomic mass is 16.5. The van der Waals surface area contributed by atoms with Crippen molar-refractivity contribution < 1.29 is 14.3 Å². The van der Waals surface area contributed by atoms with Crippen LogP contribution in [0, 0.1) is 0 Å². The molecule has 134 valence electrons. The number of methoxy groups -OCH3 is 2. The van der Waals surface area contributed by atoms with Gasteiger partial charge in [-0.15, -0.1) is 0 Å². The molecule has 0 aliphatic rings. The van der Waals surface area contributed by atoms with Crippen molar-refractivity contribution in [1.82, 2.24) is 5.32 Å². The van der Waals surface area contributed by atoms with E-state index in [1.165, 1.54) is 5.56 Å². The van der Waals surface area contributed by atoms with Gasteiger partial charge in [-0.1, -0.05) is 25.1 Å². The number of hydrogen-bond donors (Lipinski definition) is 2. The lowest BCUT2D eigenvalue weighted by atomic mass is 9.94. The maximum atomic E-state index is 12.4. The fourth-order valence-electron chi connectivity index (χ4n) is 2.57. The number of rotatable bonds is 6. The first-order valence-electron chi connectivity index (χ1n) is 8.30. The summed E-state index contributed by atoms with van der Waals surface area (Å²) in [6.07, 6.45) is 0.971. The van der Waals surface area contributed by atoms with Gasteiger partial charge in [-0.05, 0) is 55.7 Å². The predicted molar refractivity (Wildman–Crippen MR) is 101 cm³/mol. The van der Waals surface area contributed by atoms with Crippen LogP contribution >= 0.6 is 0 Å². The average Bonchev–Trinajstić information content (AvgIpc) is 2.61. The van der Waals surface area contributed by atoms with Crippen LogP contribution in [0.5, 0.6) is 11.5 Å². The summed E-state index contributed by atoms with van der Waals surface area (Å²) < 4.78 is 10.6. The Labute approximate surface area is 149 Å². The molecule has 0 heterocycles. The number of aryl methyl sites for hydroxylation is 1. The number of hydrogen-bond acceptors (Lipinski definition) is 3. The molecular formula is C20H26N2O3. The second-order valence-corrected chi connectivity index (χ2v) is 6.32. The summed E-state index contributed by atoms with van der Waals surface area (Å²) in [6, 6.07) is 13.2. The van der Waals surface area contributed by atoms with Gasteiger partial charge in [0.1, 0.15) is 0 Å². The minimum absolute atomic E-state index is 0.260.